The van der Waals surface area contributed by atoms with E-state index in [1.807, 2.05) is 41.3 Å². The van der Waals surface area contributed by atoms with Crippen LogP contribution in [0, 0.1) is 0 Å². The first kappa shape index (κ1) is 17.7. The molecule has 3 aromatic rings. The number of nitrogens with one attached hydrogen (secondary N) is 1. The molecule has 0 saturated heterocycles. The Bertz CT molecular complexity index is 1120. The van der Waals surface area contributed by atoms with Crippen LogP contribution in [0.2, 0.25) is 0 Å². The third kappa shape index (κ3) is 2.96. The molecule has 142 valence electrons. The van der Waals surface area contributed by atoms with E-state index in [9.17, 15) is 4.79 Å². The number of nitrogens with zero attached hydrogens (tertiary/aromatic N) is 2. The van der Waals surface area contributed by atoms with E-state index in [-0.39, 0.29) is 5.91 Å². The van der Waals surface area contributed by atoms with Crippen molar-refractivity contribution in [3.8, 4) is 5.75 Å². The molecule has 0 bridgehead atoms. The fourth-order valence-corrected chi connectivity index (χ4v) is 3.22. The van der Waals surface area contributed by atoms with Gasteiger partial charge < -0.3 is 25.1 Å². The van der Waals surface area contributed by atoms with Gasteiger partial charge in [-0.05, 0) is 48.0 Å². The minimum Gasteiger partial charge on any atom is -0.497 e. The molecule has 3 N–H and O–H groups in total. The van der Waals surface area contributed by atoms with Gasteiger partial charge in [0, 0.05) is 18.3 Å². The summed E-state index contributed by atoms with van der Waals surface area (Å²) in [4.78, 5) is 18.5. The molecule has 7 nitrogen and oxygen atoms in total. The number of methoxy groups -OCH3 is 1. The molecule has 1 atom stereocenters. The molecule has 0 spiro atoms. The van der Waals surface area contributed by atoms with Crippen LogP contribution in [0.4, 0.5) is 5.69 Å². The SMILES string of the molecule is CNC(=O)c1ccc(C2N=c3occc3=C(N)N2c2ccc(OC)cc2)cc1. The smallest absolute Gasteiger partial charge is 0.251 e. The maximum atomic E-state index is 11.8. The van der Waals surface area contributed by atoms with Gasteiger partial charge in [0.05, 0.1) is 18.6 Å². The molecule has 2 aromatic carbocycles. The van der Waals surface area contributed by atoms with Gasteiger partial charge in [0.1, 0.15) is 11.6 Å². The molecule has 1 aliphatic rings. The third-order valence-electron chi connectivity index (χ3n) is 4.71. The first-order chi connectivity index (χ1) is 13.6. The second kappa shape index (κ2) is 7.11. The van der Waals surface area contributed by atoms with Gasteiger partial charge in [-0.15, -0.1) is 0 Å². The average molecular weight is 376 g/mol. The Labute approximate surface area is 161 Å². The van der Waals surface area contributed by atoms with Crippen molar-refractivity contribution >= 4 is 17.4 Å². The van der Waals surface area contributed by atoms with Crippen LogP contribution in [-0.4, -0.2) is 20.1 Å². The van der Waals surface area contributed by atoms with E-state index in [1.165, 1.54) is 0 Å². The van der Waals surface area contributed by atoms with Crippen molar-refractivity contribution < 1.29 is 13.9 Å². The maximum Gasteiger partial charge on any atom is 0.251 e. The van der Waals surface area contributed by atoms with Gasteiger partial charge in [-0.3, -0.25) is 4.79 Å². The number of carbonyl (C=O) groups is 1. The summed E-state index contributed by atoms with van der Waals surface area (Å²) < 4.78 is 10.8. The Kier molecular flexibility index (Phi) is 4.49. The van der Waals surface area contributed by atoms with Crippen molar-refractivity contribution in [2.24, 2.45) is 10.7 Å². The first-order valence-corrected chi connectivity index (χ1v) is 8.79. The molecule has 1 unspecified atom stereocenters. The second-order valence-corrected chi connectivity index (χ2v) is 6.30. The van der Waals surface area contributed by atoms with Gasteiger partial charge in [0.25, 0.3) is 5.91 Å². The van der Waals surface area contributed by atoms with Crippen LogP contribution in [0.25, 0.3) is 5.82 Å². The number of carbonyl (C=O) groups excluding carboxylic acids is 1. The molecular weight excluding hydrogens is 356 g/mol. The predicted octanol–water partition coefficient (Wildman–Crippen LogP) is 1.51. The highest BCUT2D eigenvalue weighted by Crippen LogP contribution is 2.32. The van der Waals surface area contributed by atoms with Crippen molar-refractivity contribution in [2.45, 2.75) is 6.17 Å². The minimum absolute atomic E-state index is 0.140. The summed E-state index contributed by atoms with van der Waals surface area (Å²) in [5.74, 6) is 1.16. The van der Waals surface area contributed by atoms with Crippen LogP contribution in [0.3, 0.4) is 0 Å². The standard InChI is InChI=1S/C21H20N4O3/c1-23-20(26)14-5-3-13(4-6-14)19-24-21-17(11-12-28-21)18(22)25(19)15-7-9-16(27-2)10-8-15/h3-12,19H,22H2,1-2H3,(H,23,26). The second-order valence-electron chi connectivity index (χ2n) is 6.30. The number of furan rings is 1. The molecule has 7 heteroatoms. The summed E-state index contributed by atoms with van der Waals surface area (Å²) in [6, 6.07) is 16.7. The summed E-state index contributed by atoms with van der Waals surface area (Å²) in [5, 5.41) is 3.36. The number of nitrogens with two attached hydrogens (primary N) is 1. The lowest BCUT2D eigenvalue weighted by Crippen LogP contribution is -2.43. The van der Waals surface area contributed by atoms with Crippen LogP contribution >= 0.6 is 0 Å². The van der Waals surface area contributed by atoms with E-state index in [1.54, 1.807) is 38.6 Å². The molecule has 4 rings (SSSR count). The number of amides is 1. The van der Waals surface area contributed by atoms with Crippen molar-refractivity contribution in [1.82, 2.24) is 5.32 Å². The zero-order valence-corrected chi connectivity index (χ0v) is 15.5. The fourth-order valence-electron chi connectivity index (χ4n) is 3.22. The number of fused-ring (bicyclic) bond motifs is 1. The number of benzene rings is 2. The van der Waals surface area contributed by atoms with Gasteiger partial charge in [-0.1, -0.05) is 12.1 Å². The van der Waals surface area contributed by atoms with Crippen LogP contribution in [0.1, 0.15) is 22.1 Å². The molecule has 1 aromatic heterocycles. The minimum atomic E-state index is -0.425. The van der Waals surface area contributed by atoms with Gasteiger partial charge in [-0.2, -0.15) is 0 Å². The molecule has 0 aliphatic carbocycles. The van der Waals surface area contributed by atoms with E-state index >= 15 is 0 Å². The normalized spacial score (nSPS) is 15.6. The zero-order chi connectivity index (χ0) is 19.7. The summed E-state index contributed by atoms with van der Waals surface area (Å²) in [6.45, 7) is 0. The van der Waals surface area contributed by atoms with Gasteiger partial charge >= 0.3 is 0 Å². The highest BCUT2D eigenvalue weighted by molar-refractivity contribution is 5.94. The van der Waals surface area contributed by atoms with Crippen LogP contribution in [0.15, 0.2) is 70.3 Å². The van der Waals surface area contributed by atoms with Crippen LogP contribution in [-0.2, 0) is 0 Å². The van der Waals surface area contributed by atoms with E-state index in [0.29, 0.717) is 16.9 Å². The largest absolute Gasteiger partial charge is 0.497 e. The van der Waals surface area contributed by atoms with Gasteiger partial charge in [0.15, 0.2) is 6.17 Å². The third-order valence-corrected chi connectivity index (χ3v) is 4.71. The Morgan fingerprint density at radius 1 is 1.14 bits per heavy atom. The Morgan fingerprint density at radius 3 is 2.50 bits per heavy atom. The zero-order valence-electron chi connectivity index (χ0n) is 15.5. The number of rotatable bonds is 4. The lowest BCUT2D eigenvalue weighted by atomic mass is 10.1. The average Bonchev–Trinajstić information content (AvgIpc) is 3.22. The van der Waals surface area contributed by atoms with E-state index in [4.69, 9.17) is 19.9 Å². The molecule has 0 fully saturated rings. The molecule has 0 radical (unpaired) electrons. The molecule has 28 heavy (non-hydrogen) atoms. The van der Waals surface area contributed by atoms with Crippen molar-refractivity contribution in [1.29, 1.82) is 0 Å². The summed E-state index contributed by atoms with van der Waals surface area (Å²) in [7, 11) is 3.23. The predicted molar refractivity (Wildman–Crippen MR) is 105 cm³/mol. The van der Waals surface area contributed by atoms with Crippen molar-refractivity contribution in [3.05, 3.63) is 82.8 Å². The molecule has 1 amide bonds. The number of hydrogen-bond acceptors (Lipinski definition) is 6. The molecule has 0 saturated carbocycles. The molecule has 1 aliphatic heterocycles. The lowest BCUT2D eigenvalue weighted by Gasteiger charge is -2.33. The number of hydrogen-bond donors (Lipinski definition) is 2. The topological polar surface area (TPSA) is 93.1 Å². The lowest BCUT2D eigenvalue weighted by molar-refractivity contribution is 0.0963. The van der Waals surface area contributed by atoms with Gasteiger partial charge in [-0.25, -0.2) is 4.99 Å². The molecular formula is C21H20N4O3. The highest BCUT2D eigenvalue weighted by atomic mass is 16.5. The highest BCUT2D eigenvalue weighted by Gasteiger charge is 2.27. The van der Waals surface area contributed by atoms with Crippen LogP contribution in [0.5, 0.6) is 5.75 Å². The Balaban J connectivity index is 1.82. The molecule has 2 heterocycles. The monoisotopic (exact) mass is 376 g/mol. The van der Waals surface area contributed by atoms with Crippen molar-refractivity contribution in [2.75, 3.05) is 19.1 Å². The van der Waals surface area contributed by atoms with E-state index in [2.05, 4.69) is 5.32 Å². The van der Waals surface area contributed by atoms with Crippen molar-refractivity contribution in [3.63, 3.8) is 0 Å². The fraction of sp³-hybridized carbons (Fsp3) is 0.143. The van der Waals surface area contributed by atoms with E-state index in [0.717, 1.165) is 22.2 Å². The first-order valence-electron chi connectivity index (χ1n) is 8.79. The maximum absolute atomic E-state index is 11.8. The number of ether oxygens (including phenoxy) is 1. The van der Waals surface area contributed by atoms with Crippen LogP contribution < -0.4 is 31.5 Å². The Hall–Kier alpha value is -3.74. The quantitative estimate of drug-likeness (QED) is 0.720. The summed E-state index contributed by atoms with van der Waals surface area (Å²) in [6.07, 6.45) is 1.15. The van der Waals surface area contributed by atoms with E-state index < -0.39 is 6.17 Å². The summed E-state index contributed by atoms with van der Waals surface area (Å²) >= 11 is 0. The number of anilines is 1. The Morgan fingerprint density at radius 2 is 1.86 bits per heavy atom. The summed E-state index contributed by atoms with van der Waals surface area (Å²) in [5.41, 5.74) is 9.31. The van der Waals surface area contributed by atoms with Gasteiger partial charge in [0.2, 0.25) is 5.55 Å².